The molecule has 0 radical (unpaired) electrons. The van der Waals surface area contributed by atoms with E-state index in [2.05, 4.69) is 38.2 Å². The average molecular weight is 221 g/mol. The van der Waals surface area contributed by atoms with Crippen LogP contribution < -0.4 is 5.32 Å². The van der Waals surface area contributed by atoms with Gasteiger partial charge < -0.3 is 10.4 Å². The Labute approximate surface area is 98.7 Å². The third-order valence-electron chi connectivity index (χ3n) is 3.00. The van der Waals surface area contributed by atoms with Crippen molar-refractivity contribution in [2.24, 2.45) is 5.92 Å². The van der Waals surface area contributed by atoms with Gasteiger partial charge in [-0.1, -0.05) is 32.4 Å². The molecular weight excluding hydrogens is 198 g/mol. The largest absolute Gasteiger partial charge is 0.394 e. The Hall–Kier alpha value is -1.02. The topological polar surface area (TPSA) is 32.3 Å². The molecule has 0 fully saturated rings. The van der Waals surface area contributed by atoms with Crippen LogP contribution in [0.25, 0.3) is 0 Å². The summed E-state index contributed by atoms with van der Waals surface area (Å²) in [5.41, 5.74) is 2.34. The van der Waals surface area contributed by atoms with Crippen LogP contribution in [0.4, 0.5) is 5.69 Å². The molecule has 0 saturated carbocycles. The van der Waals surface area contributed by atoms with Gasteiger partial charge in [-0.3, -0.25) is 0 Å². The van der Waals surface area contributed by atoms with E-state index in [9.17, 15) is 5.11 Å². The predicted octanol–water partition coefficient (Wildman–Crippen LogP) is 3.20. The van der Waals surface area contributed by atoms with E-state index >= 15 is 0 Å². The molecule has 0 aliphatic heterocycles. The molecule has 1 aromatic rings. The molecule has 0 aromatic heterocycles. The standard InChI is InChI=1S/C14H23NO/c1-4-6-12(3)14(10-16)15-13-8-5-7-11(2)9-13/h5,7-9,12,14-16H,4,6,10H2,1-3H3. The lowest BCUT2D eigenvalue weighted by atomic mass is 9.97. The van der Waals surface area contributed by atoms with E-state index in [1.54, 1.807) is 0 Å². The number of aryl methyl sites for hydroxylation is 1. The zero-order chi connectivity index (χ0) is 12.0. The summed E-state index contributed by atoms with van der Waals surface area (Å²) >= 11 is 0. The van der Waals surface area contributed by atoms with E-state index in [0.717, 1.165) is 18.5 Å². The highest BCUT2D eigenvalue weighted by Crippen LogP contribution is 2.17. The van der Waals surface area contributed by atoms with Crippen molar-refractivity contribution in [2.45, 2.75) is 39.7 Å². The van der Waals surface area contributed by atoms with Crippen molar-refractivity contribution in [3.05, 3.63) is 29.8 Å². The molecule has 2 heteroatoms. The lowest BCUT2D eigenvalue weighted by Crippen LogP contribution is -2.31. The average Bonchev–Trinajstić information content (AvgIpc) is 2.26. The molecule has 0 heterocycles. The summed E-state index contributed by atoms with van der Waals surface area (Å²) in [5, 5.41) is 12.8. The molecule has 16 heavy (non-hydrogen) atoms. The zero-order valence-electron chi connectivity index (χ0n) is 10.5. The molecule has 2 N–H and O–H groups in total. The van der Waals surface area contributed by atoms with Crippen molar-refractivity contribution in [2.75, 3.05) is 11.9 Å². The molecule has 0 amide bonds. The van der Waals surface area contributed by atoms with Gasteiger partial charge in [-0.25, -0.2) is 0 Å². The van der Waals surface area contributed by atoms with Crippen LogP contribution in [0.2, 0.25) is 0 Å². The Morgan fingerprint density at radius 1 is 1.38 bits per heavy atom. The van der Waals surface area contributed by atoms with Gasteiger partial charge in [-0.2, -0.15) is 0 Å². The maximum Gasteiger partial charge on any atom is 0.0635 e. The number of aliphatic hydroxyl groups is 1. The van der Waals surface area contributed by atoms with Gasteiger partial charge in [0.25, 0.3) is 0 Å². The van der Waals surface area contributed by atoms with Crippen LogP contribution >= 0.6 is 0 Å². The first-order chi connectivity index (χ1) is 7.67. The minimum absolute atomic E-state index is 0.154. The molecule has 2 unspecified atom stereocenters. The van der Waals surface area contributed by atoms with Crippen LogP contribution in [0.1, 0.15) is 32.3 Å². The third kappa shape index (κ3) is 3.86. The first kappa shape index (κ1) is 13.0. The van der Waals surface area contributed by atoms with E-state index in [0.29, 0.717) is 5.92 Å². The van der Waals surface area contributed by atoms with Crippen molar-refractivity contribution in [3.8, 4) is 0 Å². The summed E-state index contributed by atoms with van der Waals surface area (Å²) in [5.74, 6) is 0.496. The van der Waals surface area contributed by atoms with Gasteiger partial charge in [-0.05, 0) is 37.0 Å². The van der Waals surface area contributed by atoms with Gasteiger partial charge in [0, 0.05) is 5.69 Å². The van der Waals surface area contributed by atoms with Gasteiger partial charge >= 0.3 is 0 Å². The fourth-order valence-corrected chi connectivity index (χ4v) is 1.97. The highest BCUT2D eigenvalue weighted by Gasteiger charge is 2.15. The monoisotopic (exact) mass is 221 g/mol. The van der Waals surface area contributed by atoms with Crippen molar-refractivity contribution >= 4 is 5.69 Å². The van der Waals surface area contributed by atoms with E-state index in [4.69, 9.17) is 0 Å². The minimum atomic E-state index is 0.154. The number of anilines is 1. The molecule has 1 aromatic carbocycles. The van der Waals surface area contributed by atoms with Gasteiger partial charge in [0.15, 0.2) is 0 Å². The van der Waals surface area contributed by atoms with Crippen molar-refractivity contribution in [3.63, 3.8) is 0 Å². The Bertz CT molecular complexity index is 311. The lowest BCUT2D eigenvalue weighted by Gasteiger charge is -2.24. The molecule has 2 nitrogen and oxygen atoms in total. The van der Waals surface area contributed by atoms with Crippen LogP contribution in [0, 0.1) is 12.8 Å². The number of nitrogens with one attached hydrogen (secondary N) is 1. The van der Waals surface area contributed by atoms with Gasteiger partial charge in [-0.15, -0.1) is 0 Å². The second-order valence-electron chi connectivity index (χ2n) is 4.57. The van der Waals surface area contributed by atoms with Crippen LogP contribution in [0.5, 0.6) is 0 Å². The number of rotatable bonds is 6. The highest BCUT2D eigenvalue weighted by molar-refractivity contribution is 5.46. The molecule has 0 aliphatic carbocycles. The lowest BCUT2D eigenvalue weighted by molar-refractivity contribution is 0.238. The Balaban J connectivity index is 2.62. The number of hydrogen-bond donors (Lipinski definition) is 2. The molecule has 0 bridgehead atoms. The van der Waals surface area contributed by atoms with Crippen LogP contribution in [-0.2, 0) is 0 Å². The molecular formula is C14H23NO. The second kappa shape index (κ2) is 6.54. The van der Waals surface area contributed by atoms with Crippen molar-refractivity contribution in [1.29, 1.82) is 0 Å². The number of aliphatic hydroxyl groups excluding tert-OH is 1. The predicted molar refractivity (Wildman–Crippen MR) is 69.7 cm³/mol. The van der Waals surface area contributed by atoms with E-state index in [1.165, 1.54) is 5.56 Å². The number of benzene rings is 1. The highest BCUT2D eigenvalue weighted by atomic mass is 16.3. The Morgan fingerprint density at radius 2 is 2.12 bits per heavy atom. The molecule has 0 saturated heterocycles. The summed E-state index contributed by atoms with van der Waals surface area (Å²) in [4.78, 5) is 0. The minimum Gasteiger partial charge on any atom is -0.394 e. The second-order valence-corrected chi connectivity index (χ2v) is 4.57. The molecule has 0 spiro atoms. The van der Waals surface area contributed by atoms with Crippen molar-refractivity contribution in [1.82, 2.24) is 0 Å². The first-order valence-corrected chi connectivity index (χ1v) is 6.11. The summed E-state index contributed by atoms with van der Waals surface area (Å²) in [7, 11) is 0. The smallest absolute Gasteiger partial charge is 0.0635 e. The van der Waals surface area contributed by atoms with Crippen LogP contribution in [0.15, 0.2) is 24.3 Å². The fraction of sp³-hybridized carbons (Fsp3) is 0.571. The van der Waals surface area contributed by atoms with E-state index in [1.807, 2.05) is 12.1 Å². The molecule has 0 aliphatic rings. The summed E-state index contributed by atoms with van der Waals surface area (Å²) < 4.78 is 0. The maximum atomic E-state index is 9.39. The molecule has 90 valence electrons. The van der Waals surface area contributed by atoms with E-state index < -0.39 is 0 Å². The summed E-state index contributed by atoms with van der Waals surface area (Å²) in [6.45, 7) is 6.63. The normalized spacial score (nSPS) is 14.5. The van der Waals surface area contributed by atoms with Gasteiger partial charge in [0.2, 0.25) is 0 Å². The maximum absolute atomic E-state index is 9.39. The molecule has 1 rings (SSSR count). The van der Waals surface area contributed by atoms with Gasteiger partial charge in [0.05, 0.1) is 12.6 Å². The first-order valence-electron chi connectivity index (χ1n) is 6.11. The zero-order valence-corrected chi connectivity index (χ0v) is 10.5. The third-order valence-corrected chi connectivity index (χ3v) is 3.00. The Kier molecular flexibility index (Phi) is 5.33. The van der Waals surface area contributed by atoms with Crippen molar-refractivity contribution < 1.29 is 5.11 Å². The van der Waals surface area contributed by atoms with Crippen LogP contribution in [0.3, 0.4) is 0 Å². The molecule has 2 atom stereocenters. The summed E-state index contributed by atoms with van der Waals surface area (Å²) in [6.07, 6.45) is 2.30. The number of hydrogen-bond acceptors (Lipinski definition) is 2. The van der Waals surface area contributed by atoms with E-state index in [-0.39, 0.29) is 12.6 Å². The fourth-order valence-electron chi connectivity index (χ4n) is 1.97. The quantitative estimate of drug-likeness (QED) is 0.773. The SMILES string of the molecule is CCCC(C)C(CO)Nc1cccc(C)c1. The van der Waals surface area contributed by atoms with Crippen LogP contribution in [-0.4, -0.2) is 17.8 Å². The Morgan fingerprint density at radius 3 is 2.69 bits per heavy atom. The summed E-state index contributed by atoms with van der Waals surface area (Å²) in [6, 6.07) is 8.43. The van der Waals surface area contributed by atoms with Gasteiger partial charge in [0.1, 0.15) is 0 Å².